The molecular formula is C16H18N2O5. The largest absolute Gasteiger partial charge is 0.463 e. The third-order valence-electron chi connectivity index (χ3n) is 3.05. The molecule has 2 rings (SSSR count). The van der Waals surface area contributed by atoms with Gasteiger partial charge in [0.15, 0.2) is 13.2 Å². The van der Waals surface area contributed by atoms with E-state index in [1.54, 1.807) is 13.0 Å². The molecular weight excluding hydrogens is 300 g/mol. The van der Waals surface area contributed by atoms with Gasteiger partial charge in [-0.1, -0.05) is 24.3 Å². The average molecular weight is 318 g/mol. The third kappa shape index (κ3) is 5.46. The Morgan fingerprint density at radius 1 is 1.22 bits per heavy atom. The van der Waals surface area contributed by atoms with Crippen LogP contribution in [0.4, 0.5) is 0 Å². The number of benzene rings is 1. The van der Waals surface area contributed by atoms with Gasteiger partial charge in [-0.15, -0.1) is 0 Å². The summed E-state index contributed by atoms with van der Waals surface area (Å²) in [5.41, 5.74) is 2.10. The van der Waals surface area contributed by atoms with E-state index in [2.05, 4.69) is 10.5 Å². The molecule has 0 saturated heterocycles. The fraction of sp³-hybridized carbons (Fsp3) is 0.312. The SMILES string of the molecule is Cc1cc(OCC(=O)OCC(=O)NCc2ccccc2C)no1. The molecule has 1 heterocycles. The zero-order chi connectivity index (χ0) is 16.7. The highest BCUT2D eigenvalue weighted by Crippen LogP contribution is 2.09. The second-order valence-electron chi connectivity index (χ2n) is 4.93. The zero-order valence-corrected chi connectivity index (χ0v) is 13.0. The lowest BCUT2D eigenvalue weighted by molar-refractivity contribution is -0.150. The first-order valence-electron chi connectivity index (χ1n) is 7.07. The molecule has 2 aromatic rings. The van der Waals surface area contributed by atoms with E-state index in [1.165, 1.54) is 0 Å². The number of ether oxygens (including phenoxy) is 2. The number of hydrogen-bond acceptors (Lipinski definition) is 6. The second-order valence-corrected chi connectivity index (χ2v) is 4.93. The summed E-state index contributed by atoms with van der Waals surface area (Å²) >= 11 is 0. The van der Waals surface area contributed by atoms with Crippen molar-refractivity contribution in [1.82, 2.24) is 10.5 Å². The maximum absolute atomic E-state index is 11.7. The summed E-state index contributed by atoms with van der Waals surface area (Å²) in [6, 6.07) is 9.26. The maximum atomic E-state index is 11.7. The Kier molecular flexibility index (Phi) is 5.74. The lowest BCUT2D eigenvalue weighted by Crippen LogP contribution is -2.29. The molecule has 7 nitrogen and oxygen atoms in total. The van der Waals surface area contributed by atoms with Crippen LogP contribution in [-0.2, 0) is 20.9 Å². The van der Waals surface area contributed by atoms with E-state index >= 15 is 0 Å². The molecule has 0 saturated carbocycles. The van der Waals surface area contributed by atoms with Gasteiger partial charge in [-0.25, -0.2) is 4.79 Å². The molecule has 0 fully saturated rings. The second kappa shape index (κ2) is 7.98. The molecule has 0 aliphatic heterocycles. The van der Waals surface area contributed by atoms with Crippen molar-refractivity contribution in [3.05, 3.63) is 47.2 Å². The van der Waals surface area contributed by atoms with Gasteiger partial charge in [-0.05, 0) is 30.1 Å². The Labute approximate surface area is 133 Å². The Bertz CT molecular complexity index is 681. The summed E-state index contributed by atoms with van der Waals surface area (Å²) in [5, 5.41) is 6.26. The van der Waals surface area contributed by atoms with Crippen molar-refractivity contribution in [1.29, 1.82) is 0 Å². The summed E-state index contributed by atoms with van der Waals surface area (Å²) < 4.78 is 14.7. The highest BCUT2D eigenvalue weighted by Gasteiger charge is 2.10. The average Bonchev–Trinajstić information content (AvgIpc) is 2.95. The lowest BCUT2D eigenvalue weighted by atomic mass is 10.1. The van der Waals surface area contributed by atoms with E-state index in [-0.39, 0.29) is 25.0 Å². The number of carbonyl (C=O) groups excluding carboxylic acids is 2. The van der Waals surface area contributed by atoms with Crippen LogP contribution in [0.5, 0.6) is 5.88 Å². The molecule has 0 unspecified atom stereocenters. The molecule has 23 heavy (non-hydrogen) atoms. The highest BCUT2D eigenvalue weighted by molar-refractivity contribution is 5.80. The van der Waals surface area contributed by atoms with Gasteiger partial charge in [0.25, 0.3) is 11.8 Å². The zero-order valence-electron chi connectivity index (χ0n) is 13.0. The van der Waals surface area contributed by atoms with Crippen LogP contribution in [0, 0.1) is 13.8 Å². The molecule has 7 heteroatoms. The van der Waals surface area contributed by atoms with Gasteiger partial charge in [-0.3, -0.25) is 4.79 Å². The quantitative estimate of drug-likeness (QED) is 0.779. The monoisotopic (exact) mass is 318 g/mol. The Morgan fingerprint density at radius 2 is 2.00 bits per heavy atom. The van der Waals surface area contributed by atoms with E-state index in [1.807, 2.05) is 31.2 Å². The minimum Gasteiger partial charge on any atom is -0.463 e. The molecule has 0 atom stereocenters. The van der Waals surface area contributed by atoms with E-state index in [4.69, 9.17) is 14.0 Å². The summed E-state index contributed by atoms with van der Waals surface area (Å²) in [7, 11) is 0. The summed E-state index contributed by atoms with van der Waals surface area (Å²) in [4.78, 5) is 23.1. The van der Waals surface area contributed by atoms with Crippen LogP contribution < -0.4 is 10.1 Å². The minimum absolute atomic E-state index is 0.198. The standard InChI is InChI=1S/C16H18N2O5/c1-11-5-3-4-6-13(11)8-17-14(19)9-22-16(20)10-21-15-7-12(2)23-18-15/h3-7H,8-10H2,1-2H3,(H,17,19). The Balaban J connectivity index is 1.65. The number of nitrogens with one attached hydrogen (secondary N) is 1. The molecule has 1 N–H and O–H groups in total. The van der Waals surface area contributed by atoms with Gasteiger partial charge >= 0.3 is 5.97 Å². The van der Waals surface area contributed by atoms with Crippen LogP contribution in [-0.4, -0.2) is 30.2 Å². The molecule has 0 aliphatic rings. The highest BCUT2D eigenvalue weighted by atomic mass is 16.6. The number of aromatic nitrogens is 1. The van der Waals surface area contributed by atoms with E-state index in [0.29, 0.717) is 12.3 Å². The third-order valence-corrected chi connectivity index (χ3v) is 3.05. The summed E-state index contributed by atoms with van der Waals surface area (Å²) in [5.74, 6) is -0.261. The maximum Gasteiger partial charge on any atom is 0.344 e. The van der Waals surface area contributed by atoms with E-state index < -0.39 is 5.97 Å². The molecule has 0 bridgehead atoms. The van der Waals surface area contributed by atoms with Crippen molar-refractivity contribution in [3.63, 3.8) is 0 Å². The van der Waals surface area contributed by atoms with E-state index in [9.17, 15) is 9.59 Å². The Morgan fingerprint density at radius 3 is 2.70 bits per heavy atom. The topological polar surface area (TPSA) is 90.7 Å². The summed E-state index contributed by atoms with van der Waals surface area (Å²) in [6.45, 7) is 3.36. The van der Waals surface area contributed by atoms with Crippen LogP contribution >= 0.6 is 0 Å². The van der Waals surface area contributed by atoms with Crippen molar-refractivity contribution >= 4 is 11.9 Å². The smallest absolute Gasteiger partial charge is 0.344 e. The molecule has 122 valence electrons. The normalized spacial score (nSPS) is 10.2. The minimum atomic E-state index is -0.656. The van der Waals surface area contributed by atoms with Gasteiger partial charge in [0, 0.05) is 12.6 Å². The number of hydrogen-bond donors (Lipinski definition) is 1. The number of aryl methyl sites for hydroxylation is 2. The lowest BCUT2D eigenvalue weighted by Gasteiger charge is -2.08. The first-order valence-corrected chi connectivity index (χ1v) is 7.07. The van der Waals surface area contributed by atoms with Crippen molar-refractivity contribution in [2.75, 3.05) is 13.2 Å². The van der Waals surface area contributed by atoms with Crippen molar-refractivity contribution in [2.24, 2.45) is 0 Å². The van der Waals surface area contributed by atoms with Crippen LogP contribution in [0.1, 0.15) is 16.9 Å². The Hall–Kier alpha value is -2.83. The van der Waals surface area contributed by atoms with Crippen molar-refractivity contribution in [2.45, 2.75) is 20.4 Å². The number of esters is 1. The fourth-order valence-corrected chi connectivity index (χ4v) is 1.79. The van der Waals surface area contributed by atoms with Gasteiger partial charge in [0.1, 0.15) is 5.76 Å². The fourth-order valence-electron chi connectivity index (χ4n) is 1.79. The first kappa shape index (κ1) is 16.5. The van der Waals surface area contributed by atoms with Crippen LogP contribution in [0.15, 0.2) is 34.9 Å². The molecule has 0 aliphatic carbocycles. The number of rotatable bonds is 7. The predicted octanol–water partition coefficient (Wildman–Crippen LogP) is 1.53. The molecule has 1 aromatic heterocycles. The van der Waals surface area contributed by atoms with Crippen LogP contribution in [0.2, 0.25) is 0 Å². The molecule has 1 amide bonds. The number of amides is 1. The van der Waals surface area contributed by atoms with Gasteiger partial charge < -0.3 is 19.3 Å². The predicted molar refractivity (Wildman–Crippen MR) is 80.7 cm³/mol. The van der Waals surface area contributed by atoms with Crippen molar-refractivity contribution in [3.8, 4) is 5.88 Å². The van der Waals surface area contributed by atoms with Crippen molar-refractivity contribution < 1.29 is 23.6 Å². The van der Waals surface area contributed by atoms with Crippen LogP contribution in [0.3, 0.4) is 0 Å². The summed E-state index contributed by atoms with van der Waals surface area (Å²) in [6.07, 6.45) is 0. The number of nitrogens with zero attached hydrogens (tertiary/aromatic N) is 1. The molecule has 0 spiro atoms. The first-order chi connectivity index (χ1) is 11.0. The molecule has 0 radical (unpaired) electrons. The van der Waals surface area contributed by atoms with Crippen LogP contribution in [0.25, 0.3) is 0 Å². The van der Waals surface area contributed by atoms with Gasteiger partial charge in [-0.2, -0.15) is 0 Å². The molecule has 1 aromatic carbocycles. The van der Waals surface area contributed by atoms with Gasteiger partial charge in [0.2, 0.25) is 0 Å². The number of carbonyl (C=O) groups is 2. The van der Waals surface area contributed by atoms with E-state index in [0.717, 1.165) is 11.1 Å². The van der Waals surface area contributed by atoms with Gasteiger partial charge in [0.05, 0.1) is 0 Å².